The van der Waals surface area contributed by atoms with Crippen LogP contribution in [0.4, 0.5) is 0 Å². The van der Waals surface area contributed by atoms with Gasteiger partial charge in [-0.2, -0.15) is 0 Å². The quantitative estimate of drug-likeness (QED) is 0.710. The van der Waals surface area contributed by atoms with Crippen LogP contribution in [0.3, 0.4) is 0 Å². The van der Waals surface area contributed by atoms with Crippen LogP contribution >= 0.6 is 0 Å². The molecule has 3 heteroatoms. The van der Waals surface area contributed by atoms with Crippen molar-refractivity contribution in [3.63, 3.8) is 0 Å². The Bertz CT molecular complexity index is 390. The number of benzene rings is 1. The van der Waals surface area contributed by atoms with E-state index >= 15 is 0 Å². The van der Waals surface area contributed by atoms with Crippen LogP contribution in [0.5, 0.6) is 0 Å². The lowest BCUT2D eigenvalue weighted by molar-refractivity contribution is 0.112. The van der Waals surface area contributed by atoms with Crippen molar-refractivity contribution in [1.29, 1.82) is 0 Å². The van der Waals surface area contributed by atoms with Gasteiger partial charge in [0.1, 0.15) is 6.29 Å². The van der Waals surface area contributed by atoms with Crippen molar-refractivity contribution in [1.82, 2.24) is 5.32 Å². The summed E-state index contributed by atoms with van der Waals surface area (Å²) in [5.74, 6) is 0. The van der Waals surface area contributed by atoms with Gasteiger partial charge in [-0.1, -0.05) is 24.3 Å². The lowest BCUT2D eigenvalue weighted by Crippen LogP contribution is -2.09. The predicted octanol–water partition coefficient (Wildman–Crippen LogP) is 1.47. The molecule has 0 aliphatic carbocycles. The Kier molecular flexibility index (Phi) is 2.40. The van der Waals surface area contributed by atoms with Crippen LogP contribution in [0.25, 0.3) is 5.57 Å². The van der Waals surface area contributed by atoms with Crippen LogP contribution in [0.1, 0.15) is 15.9 Å². The Morgan fingerprint density at radius 1 is 1.29 bits per heavy atom. The topological polar surface area (TPSA) is 41.5 Å². The molecule has 1 aliphatic heterocycles. The predicted molar refractivity (Wildman–Crippen MR) is 56.3 cm³/mol. The van der Waals surface area contributed by atoms with Crippen LogP contribution in [0.15, 0.2) is 35.5 Å². The second-order valence-corrected chi connectivity index (χ2v) is 3.05. The fourth-order valence-corrected chi connectivity index (χ4v) is 1.33. The lowest BCUT2D eigenvalue weighted by Gasteiger charge is -2.08. The van der Waals surface area contributed by atoms with E-state index in [9.17, 15) is 4.79 Å². The van der Waals surface area contributed by atoms with Crippen LogP contribution in [0.2, 0.25) is 0 Å². The highest BCUT2D eigenvalue weighted by Gasteiger charge is 2.02. The summed E-state index contributed by atoms with van der Waals surface area (Å²) in [6.07, 6.45) is 4.43. The Morgan fingerprint density at radius 3 is 2.64 bits per heavy atom. The van der Waals surface area contributed by atoms with Gasteiger partial charge >= 0.3 is 0 Å². The molecule has 0 bridgehead atoms. The fourth-order valence-electron chi connectivity index (χ4n) is 1.33. The van der Waals surface area contributed by atoms with E-state index in [0.29, 0.717) is 12.1 Å². The third-order valence-electron chi connectivity index (χ3n) is 2.10. The maximum Gasteiger partial charge on any atom is 0.150 e. The Labute approximate surface area is 82.2 Å². The highest BCUT2D eigenvalue weighted by molar-refractivity contribution is 5.78. The molecule has 1 aromatic rings. The van der Waals surface area contributed by atoms with E-state index in [1.165, 1.54) is 0 Å². The van der Waals surface area contributed by atoms with Crippen LogP contribution < -0.4 is 5.32 Å². The summed E-state index contributed by atoms with van der Waals surface area (Å²) < 4.78 is 0. The molecule has 1 N–H and O–H groups in total. The van der Waals surface area contributed by atoms with E-state index in [1.807, 2.05) is 30.5 Å². The van der Waals surface area contributed by atoms with Crippen molar-refractivity contribution < 1.29 is 4.79 Å². The van der Waals surface area contributed by atoms with Crippen molar-refractivity contribution >= 4 is 18.2 Å². The smallest absolute Gasteiger partial charge is 0.150 e. The van der Waals surface area contributed by atoms with Crippen LogP contribution in [-0.2, 0) is 0 Å². The van der Waals surface area contributed by atoms with Gasteiger partial charge < -0.3 is 5.32 Å². The minimum atomic E-state index is 0.688. The lowest BCUT2D eigenvalue weighted by atomic mass is 10.1. The van der Waals surface area contributed by atoms with Gasteiger partial charge in [0.15, 0.2) is 0 Å². The molecule has 0 spiro atoms. The average Bonchev–Trinajstić information content (AvgIpc) is 2.30. The first-order valence-corrected chi connectivity index (χ1v) is 4.39. The summed E-state index contributed by atoms with van der Waals surface area (Å²) in [5, 5.41) is 2.94. The normalized spacial score (nSPS) is 14.4. The van der Waals surface area contributed by atoms with E-state index in [0.717, 1.165) is 17.4 Å². The van der Waals surface area contributed by atoms with Crippen LogP contribution in [0, 0.1) is 0 Å². The molecule has 2 rings (SSSR count). The maximum absolute atomic E-state index is 10.4. The summed E-state index contributed by atoms with van der Waals surface area (Å²) in [7, 11) is 0. The molecule has 0 aromatic heterocycles. The number of carbonyl (C=O) groups is 1. The first kappa shape index (κ1) is 8.69. The molecule has 0 amide bonds. The van der Waals surface area contributed by atoms with Gasteiger partial charge in [0.25, 0.3) is 0 Å². The summed E-state index contributed by atoms with van der Waals surface area (Å²) in [4.78, 5) is 14.5. The molecule has 0 fully saturated rings. The molecule has 3 nitrogen and oxygen atoms in total. The van der Waals surface area contributed by atoms with E-state index in [2.05, 4.69) is 10.3 Å². The minimum Gasteiger partial charge on any atom is -0.353 e. The number of rotatable bonds is 2. The van der Waals surface area contributed by atoms with Crippen molar-refractivity contribution in [2.24, 2.45) is 4.99 Å². The Balaban J connectivity index is 2.24. The van der Waals surface area contributed by atoms with Gasteiger partial charge in [0.2, 0.25) is 0 Å². The molecular weight excluding hydrogens is 176 g/mol. The summed E-state index contributed by atoms with van der Waals surface area (Å²) in [6, 6.07) is 7.47. The number of nitrogens with zero attached hydrogens (tertiary/aromatic N) is 1. The van der Waals surface area contributed by atoms with Gasteiger partial charge in [-0.3, -0.25) is 9.79 Å². The summed E-state index contributed by atoms with van der Waals surface area (Å²) >= 11 is 0. The van der Waals surface area contributed by atoms with E-state index in [1.54, 1.807) is 6.34 Å². The number of aliphatic imine (C=N–C) groups is 1. The second kappa shape index (κ2) is 3.87. The van der Waals surface area contributed by atoms with E-state index in [4.69, 9.17) is 0 Å². The molecule has 0 saturated carbocycles. The number of nitrogens with one attached hydrogen (secondary N) is 1. The molecular formula is C11H10N2O. The molecule has 70 valence electrons. The number of hydrogen-bond donors (Lipinski definition) is 1. The molecule has 1 aromatic carbocycles. The van der Waals surface area contributed by atoms with Crippen LogP contribution in [-0.4, -0.2) is 19.2 Å². The maximum atomic E-state index is 10.4. The highest BCUT2D eigenvalue weighted by atomic mass is 16.1. The second-order valence-electron chi connectivity index (χ2n) is 3.05. The fraction of sp³-hybridized carbons (Fsp3) is 0.0909. The molecule has 0 atom stereocenters. The first-order valence-electron chi connectivity index (χ1n) is 4.39. The minimum absolute atomic E-state index is 0.688. The van der Waals surface area contributed by atoms with E-state index in [-0.39, 0.29) is 0 Å². The third kappa shape index (κ3) is 1.71. The first-order chi connectivity index (χ1) is 6.90. The standard InChI is InChI=1S/C11H10N2O/c14-7-9-1-3-10(4-2-9)11-5-12-8-13-6-11/h1-5,7-8H,6H2,(H,12,13). The van der Waals surface area contributed by atoms with Crippen molar-refractivity contribution in [3.8, 4) is 0 Å². The average molecular weight is 186 g/mol. The van der Waals surface area contributed by atoms with Crippen molar-refractivity contribution in [3.05, 3.63) is 41.6 Å². The summed E-state index contributed by atoms with van der Waals surface area (Å²) in [6.45, 7) is 0.688. The number of hydrogen-bond acceptors (Lipinski definition) is 3. The molecule has 1 heterocycles. The van der Waals surface area contributed by atoms with Gasteiger partial charge in [0, 0.05) is 11.8 Å². The SMILES string of the molecule is O=Cc1ccc(C2=CNC=NC2)cc1. The molecule has 0 radical (unpaired) electrons. The molecule has 1 aliphatic rings. The summed E-state index contributed by atoms with van der Waals surface area (Å²) in [5.41, 5.74) is 2.92. The zero-order chi connectivity index (χ0) is 9.80. The molecule has 0 unspecified atom stereocenters. The van der Waals surface area contributed by atoms with Gasteiger partial charge in [-0.25, -0.2) is 0 Å². The zero-order valence-corrected chi connectivity index (χ0v) is 7.60. The number of carbonyl (C=O) groups excluding carboxylic acids is 1. The van der Waals surface area contributed by atoms with Gasteiger partial charge in [-0.05, 0) is 11.1 Å². The zero-order valence-electron chi connectivity index (χ0n) is 7.60. The highest BCUT2D eigenvalue weighted by Crippen LogP contribution is 2.15. The Hall–Kier alpha value is -1.90. The van der Waals surface area contributed by atoms with Gasteiger partial charge in [-0.15, -0.1) is 0 Å². The third-order valence-corrected chi connectivity index (χ3v) is 2.10. The van der Waals surface area contributed by atoms with Crippen molar-refractivity contribution in [2.75, 3.05) is 6.54 Å². The number of aldehydes is 1. The Morgan fingerprint density at radius 2 is 2.07 bits per heavy atom. The van der Waals surface area contributed by atoms with Gasteiger partial charge in [0.05, 0.1) is 12.9 Å². The molecule has 0 saturated heterocycles. The molecule has 14 heavy (non-hydrogen) atoms. The monoisotopic (exact) mass is 186 g/mol. The van der Waals surface area contributed by atoms with Crippen molar-refractivity contribution in [2.45, 2.75) is 0 Å². The van der Waals surface area contributed by atoms with E-state index < -0.39 is 0 Å². The largest absolute Gasteiger partial charge is 0.353 e.